The zero-order valence-electron chi connectivity index (χ0n) is 14.4. The van der Waals surface area contributed by atoms with Crippen LogP contribution in [-0.2, 0) is 0 Å². The molecule has 0 aromatic rings. The number of hydrogen-bond donors (Lipinski definition) is 0. The predicted molar refractivity (Wildman–Crippen MR) is 88.7 cm³/mol. The Morgan fingerprint density at radius 3 is 1.46 bits per heavy atom. The van der Waals surface area contributed by atoms with Crippen LogP contribution >= 0.6 is 22.6 Å². The first kappa shape index (κ1) is 24.1. The van der Waals surface area contributed by atoms with E-state index >= 15 is 0 Å². The zero-order valence-corrected chi connectivity index (χ0v) is 16.6. The number of alkyl halides is 10. The molecular weight excluding hydrogens is 490 g/mol. The number of rotatable bonds is 9. The highest BCUT2D eigenvalue weighted by Crippen LogP contribution is 2.71. The molecule has 0 radical (unpaired) electrons. The van der Waals surface area contributed by atoms with Crippen LogP contribution in [0.5, 0.6) is 0 Å². The van der Waals surface area contributed by atoms with Gasteiger partial charge in [-0.1, -0.05) is 68.5 Å². The van der Waals surface area contributed by atoms with E-state index in [2.05, 4.69) is 0 Å². The van der Waals surface area contributed by atoms with Gasteiger partial charge in [-0.25, -0.2) is 4.39 Å². The largest absolute Gasteiger partial charge is 0.381 e. The van der Waals surface area contributed by atoms with Crippen molar-refractivity contribution in [3.05, 3.63) is 0 Å². The van der Waals surface area contributed by atoms with Crippen LogP contribution in [-0.4, -0.2) is 32.8 Å². The van der Waals surface area contributed by atoms with Gasteiger partial charge in [-0.3, -0.25) is 0 Å². The molecule has 0 amide bonds. The molecule has 1 unspecified atom stereocenters. The molecule has 0 heterocycles. The van der Waals surface area contributed by atoms with E-state index in [4.69, 9.17) is 0 Å². The Bertz CT molecular complexity index is 466. The predicted octanol–water partition coefficient (Wildman–Crippen LogP) is 7.58. The van der Waals surface area contributed by atoms with Gasteiger partial charge in [0, 0.05) is 9.84 Å². The molecule has 0 nitrogen and oxygen atoms in total. The first-order valence-corrected chi connectivity index (χ1v) is 9.55. The summed E-state index contributed by atoms with van der Waals surface area (Å²) in [5.41, 5.74) is -5.34. The average molecular weight is 512 g/mol. The maximum absolute atomic E-state index is 14.7. The summed E-state index contributed by atoms with van der Waals surface area (Å²) in [6.45, 7) is 3.34. The van der Waals surface area contributed by atoms with Gasteiger partial charge in [0.05, 0.1) is 0 Å². The maximum atomic E-state index is 14.7. The highest BCUT2D eigenvalue weighted by molar-refractivity contribution is 14.1. The average Bonchev–Trinajstić information content (AvgIpc) is 2.57. The van der Waals surface area contributed by atoms with Crippen molar-refractivity contribution < 1.29 is 39.5 Å². The van der Waals surface area contributed by atoms with Crippen LogP contribution in [0.2, 0.25) is 0 Å². The smallest absolute Gasteiger partial charge is 0.230 e. The van der Waals surface area contributed by atoms with Crippen molar-refractivity contribution in [1.29, 1.82) is 0 Å². The summed E-state index contributed by atoms with van der Waals surface area (Å²) >= 11 is 1.46. The van der Waals surface area contributed by atoms with E-state index in [1.54, 1.807) is 0 Å². The summed E-state index contributed by atoms with van der Waals surface area (Å²) in [7, 11) is 0. The highest BCUT2D eigenvalue weighted by Gasteiger charge is 3.00. The van der Waals surface area contributed by atoms with E-state index in [1.807, 2.05) is 6.92 Å². The fourth-order valence-corrected chi connectivity index (χ4v) is 4.09. The van der Waals surface area contributed by atoms with Crippen LogP contribution in [0, 0.1) is 0 Å². The minimum atomic E-state index is -6.48. The molecule has 0 aliphatic heterocycles. The minimum absolute atomic E-state index is 0.0112. The van der Waals surface area contributed by atoms with Crippen LogP contribution < -0.4 is 0 Å². The lowest BCUT2D eigenvalue weighted by Gasteiger charge is -2.38. The molecule has 1 rings (SSSR count). The fourth-order valence-electron chi connectivity index (χ4n) is 3.18. The molecule has 0 aromatic heterocycles. The zero-order chi connectivity index (χ0) is 20.7. The van der Waals surface area contributed by atoms with Crippen LogP contribution in [0.3, 0.4) is 0 Å². The van der Waals surface area contributed by atoms with Crippen molar-refractivity contribution in [2.45, 2.75) is 98.0 Å². The Hall–Kier alpha value is 0.1000. The lowest BCUT2D eigenvalue weighted by atomic mass is 9.82. The SMILES string of the molecule is CCCCCCCC(I)(CC)CC1(F)C(F)(F)C(F)(F)C(F)(F)C1(F)F. The standard InChI is InChI=1S/C16H22F9I/c1-3-5-6-7-8-9-11(26,4-2)10-12(17)13(18,19)15(22,23)16(24,25)14(12,20)21/h3-10H2,1-2H3. The molecule has 0 saturated heterocycles. The third-order valence-electron chi connectivity index (χ3n) is 5.10. The first-order valence-electron chi connectivity index (χ1n) is 8.47. The number of unbranched alkanes of at least 4 members (excludes halogenated alkanes) is 4. The van der Waals surface area contributed by atoms with Crippen LogP contribution in [0.25, 0.3) is 0 Å². The van der Waals surface area contributed by atoms with Gasteiger partial charge < -0.3 is 0 Å². The van der Waals surface area contributed by atoms with Crippen molar-refractivity contribution in [3.63, 3.8) is 0 Å². The van der Waals surface area contributed by atoms with E-state index in [0.29, 0.717) is 12.8 Å². The van der Waals surface area contributed by atoms with E-state index in [-0.39, 0.29) is 12.8 Å². The summed E-state index contributed by atoms with van der Waals surface area (Å²) in [6, 6.07) is 0. The van der Waals surface area contributed by atoms with Gasteiger partial charge in [0.25, 0.3) is 5.67 Å². The summed E-state index contributed by atoms with van der Waals surface area (Å²) in [5, 5.41) is 0. The number of halogens is 10. The monoisotopic (exact) mass is 512 g/mol. The van der Waals surface area contributed by atoms with Gasteiger partial charge in [-0.15, -0.1) is 0 Å². The van der Waals surface area contributed by atoms with Gasteiger partial charge in [0.15, 0.2) is 0 Å². The summed E-state index contributed by atoms with van der Waals surface area (Å²) in [4.78, 5) is 0. The molecule has 1 atom stereocenters. The topological polar surface area (TPSA) is 0 Å². The molecular formula is C16H22F9I. The van der Waals surface area contributed by atoms with Gasteiger partial charge in [0.2, 0.25) is 0 Å². The fraction of sp³-hybridized carbons (Fsp3) is 1.00. The molecule has 0 bridgehead atoms. The quantitative estimate of drug-likeness (QED) is 0.129. The lowest BCUT2D eigenvalue weighted by Crippen LogP contribution is -2.57. The normalized spacial score (nSPS) is 27.2. The Labute approximate surface area is 160 Å². The summed E-state index contributed by atoms with van der Waals surface area (Å²) in [6.07, 6.45) is 1.69. The molecule has 0 aromatic carbocycles. The molecule has 1 aliphatic carbocycles. The second kappa shape index (κ2) is 7.50. The molecule has 26 heavy (non-hydrogen) atoms. The van der Waals surface area contributed by atoms with Crippen LogP contribution in [0.1, 0.15) is 65.2 Å². The van der Waals surface area contributed by atoms with Crippen LogP contribution in [0.4, 0.5) is 39.5 Å². The van der Waals surface area contributed by atoms with E-state index in [0.717, 1.165) is 19.3 Å². The Morgan fingerprint density at radius 1 is 0.654 bits per heavy atom. The Balaban J connectivity index is 3.13. The Morgan fingerprint density at radius 2 is 1.08 bits per heavy atom. The molecule has 1 aliphatic rings. The molecule has 0 spiro atoms. The third-order valence-corrected chi connectivity index (χ3v) is 6.78. The van der Waals surface area contributed by atoms with Gasteiger partial charge in [-0.2, -0.15) is 35.1 Å². The lowest BCUT2D eigenvalue weighted by molar-refractivity contribution is -0.303. The summed E-state index contributed by atoms with van der Waals surface area (Å²) < 4.78 is 122. The van der Waals surface area contributed by atoms with Gasteiger partial charge in [0.1, 0.15) is 0 Å². The molecule has 0 N–H and O–H groups in total. The van der Waals surface area contributed by atoms with Crippen molar-refractivity contribution in [2.24, 2.45) is 0 Å². The number of hydrogen-bond acceptors (Lipinski definition) is 0. The van der Waals surface area contributed by atoms with Gasteiger partial charge in [-0.05, 0) is 12.8 Å². The third kappa shape index (κ3) is 3.33. The van der Waals surface area contributed by atoms with Crippen molar-refractivity contribution >= 4 is 22.6 Å². The van der Waals surface area contributed by atoms with Crippen molar-refractivity contribution in [1.82, 2.24) is 0 Å². The van der Waals surface area contributed by atoms with E-state index in [9.17, 15) is 39.5 Å². The molecule has 1 fully saturated rings. The van der Waals surface area contributed by atoms with Crippen LogP contribution in [0.15, 0.2) is 0 Å². The maximum Gasteiger partial charge on any atom is 0.381 e. The van der Waals surface area contributed by atoms with Crippen molar-refractivity contribution in [3.8, 4) is 0 Å². The van der Waals surface area contributed by atoms with E-state index in [1.165, 1.54) is 29.5 Å². The highest BCUT2D eigenvalue weighted by atomic mass is 127. The molecule has 10 heteroatoms. The second-order valence-electron chi connectivity index (χ2n) is 6.94. The molecule has 1 saturated carbocycles. The second-order valence-corrected chi connectivity index (χ2v) is 9.23. The van der Waals surface area contributed by atoms with E-state index < -0.39 is 39.2 Å². The molecule has 156 valence electrons. The minimum Gasteiger partial charge on any atom is -0.230 e. The Kier molecular flexibility index (Phi) is 6.96. The first-order chi connectivity index (χ1) is 11.6. The summed E-state index contributed by atoms with van der Waals surface area (Å²) in [5.74, 6) is -25.4. The van der Waals surface area contributed by atoms with Crippen molar-refractivity contribution in [2.75, 3.05) is 0 Å². The van der Waals surface area contributed by atoms with Gasteiger partial charge >= 0.3 is 23.7 Å².